The van der Waals surface area contributed by atoms with Gasteiger partial charge in [-0.3, -0.25) is 4.79 Å². The largest absolute Gasteiger partial charge is 0.490 e. The summed E-state index contributed by atoms with van der Waals surface area (Å²) in [6.45, 7) is 6.59. The number of hydrogen-bond acceptors (Lipinski definition) is 6. The first-order chi connectivity index (χ1) is 14.9. The van der Waals surface area contributed by atoms with Gasteiger partial charge in [0, 0.05) is 6.07 Å². The second-order valence-corrected chi connectivity index (χ2v) is 7.04. The molecule has 3 rings (SSSR count). The van der Waals surface area contributed by atoms with Crippen molar-refractivity contribution in [2.24, 2.45) is 0 Å². The van der Waals surface area contributed by atoms with Crippen LogP contribution in [-0.4, -0.2) is 24.3 Å². The van der Waals surface area contributed by atoms with E-state index in [1.807, 2.05) is 32.0 Å². The molecule has 3 aromatic rings. The Hall–Kier alpha value is -4.05. The highest BCUT2D eigenvalue weighted by atomic mass is 16.5. The molecule has 0 radical (unpaired) electrons. The Morgan fingerprint density at radius 1 is 1.03 bits per heavy atom. The Labute approximate surface area is 180 Å². The van der Waals surface area contributed by atoms with E-state index in [9.17, 15) is 10.1 Å². The molecule has 1 aromatic heterocycles. The van der Waals surface area contributed by atoms with Crippen molar-refractivity contribution < 1.29 is 18.8 Å². The number of nitriles is 1. The Morgan fingerprint density at radius 3 is 2.26 bits per heavy atom. The third kappa shape index (κ3) is 6.47. The Morgan fingerprint density at radius 2 is 1.68 bits per heavy atom. The van der Waals surface area contributed by atoms with E-state index >= 15 is 0 Å². The minimum Gasteiger partial charge on any atom is -0.490 e. The van der Waals surface area contributed by atoms with Gasteiger partial charge in [0.05, 0.1) is 0 Å². The summed E-state index contributed by atoms with van der Waals surface area (Å²) in [5.74, 6) is 1.76. The molecule has 2 aromatic carbocycles. The highest BCUT2D eigenvalue weighted by Gasteiger charge is 2.11. The van der Waals surface area contributed by atoms with Crippen molar-refractivity contribution >= 4 is 17.8 Å². The number of aromatic nitrogens is 1. The predicted octanol–water partition coefficient (Wildman–Crippen LogP) is 4.60. The summed E-state index contributed by atoms with van der Waals surface area (Å²) in [6.07, 6.45) is 1.50. The molecule has 0 fully saturated rings. The van der Waals surface area contributed by atoms with Gasteiger partial charge in [0.15, 0.2) is 5.82 Å². The fraction of sp³-hybridized carbons (Fsp3) is 0.208. The molecule has 0 spiro atoms. The molecule has 0 aliphatic rings. The third-order valence-electron chi connectivity index (χ3n) is 4.24. The molecule has 7 heteroatoms. The number of aryl methyl sites for hydroxylation is 3. The van der Waals surface area contributed by atoms with E-state index in [1.54, 1.807) is 37.3 Å². The molecule has 0 saturated heterocycles. The number of rotatable bonds is 8. The molecule has 0 saturated carbocycles. The van der Waals surface area contributed by atoms with Crippen molar-refractivity contribution in [3.05, 3.63) is 76.6 Å². The predicted molar refractivity (Wildman–Crippen MR) is 117 cm³/mol. The molecule has 1 amide bonds. The molecule has 0 aliphatic heterocycles. The lowest BCUT2D eigenvalue weighted by molar-refractivity contribution is -0.112. The van der Waals surface area contributed by atoms with Crippen LogP contribution >= 0.6 is 0 Å². The molecule has 1 heterocycles. The first-order valence-electron chi connectivity index (χ1n) is 9.73. The second kappa shape index (κ2) is 10.1. The summed E-state index contributed by atoms with van der Waals surface area (Å²) in [6, 6.07) is 16.6. The van der Waals surface area contributed by atoms with Crippen LogP contribution in [0.1, 0.15) is 22.5 Å². The van der Waals surface area contributed by atoms with Crippen molar-refractivity contribution in [1.29, 1.82) is 5.26 Å². The van der Waals surface area contributed by atoms with Gasteiger partial charge in [0.25, 0.3) is 5.91 Å². The summed E-state index contributed by atoms with van der Waals surface area (Å²) in [5, 5.41) is 15.5. The number of nitrogens with zero attached hydrogens (tertiary/aromatic N) is 2. The van der Waals surface area contributed by atoms with Crippen LogP contribution in [0.4, 0.5) is 5.82 Å². The van der Waals surface area contributed by atoms with Crippen LogP contribution in [0.15, 0.2) is 58.6 Å². The normalized spacial score (nSPS) is 11.0. The third-order valence-corrected chi connectivity index (χ3v) is 4.24. The van der Waals surface area contributed by atoms with Gasteiger partial charge in [-0.05, 0) is 67.8 Å². The lowest BCUT2D eigenvalue weighted by Gasteiger charge is -2.10. The molecule has 0 atom stereocenters. The number of amides is 1. The van der Waals surface area contributed by atoms with Crippen molar-refractivity contribution in [1.82, 2.24) is 5.16 Å². The Bertz CT molecular complexity index is 1100. The molecule has 0 bridgehead atoms. The fourth-order valence-corrected chi connectivity index (χ4v) is 2.92. The van der Waals surface area contributed by atoms with E-state index in [0.29, 0.717) is 30.3 Å². The molecular weight excluding hydrogens is 394 g/mol. The summed E-state index contributed by atoms with van der Waals surface area (Å²) in [4.78, 5) is 12.2. The second-order valence-electron chi connectivity index (χ2n) is 7.04. The topological polar surface area (TPSA) is 97.4 Å². The molecule has 158 valence electrons. The number of hydrogen-bond donors (Lipinski definition) is 1. The van der Waals surface area contributed by atoms with Crippen LogP contribution in [-0.2, 0) is 4.79 Å². The smallest absolute Gasteiger partial charge is 0.267 e. The number of carbonyl (C=O) groups excluding carboxylic acids is 1. The van der Waals surface area contributed by atoms with E-state index in [4.69, 9.17) is 14.0 Å². The summed E-state index contributed by atoms with van der Waals surface area (Å²) in [5.41, 5.74) is 2.96. The highest BCUT2D eigenvalue weighted by molar-refractivity contribution is 6.09. The maximum absolute atomic E-state index is 12.2. The summed E-state index contributed by atoms with van der Waals surface area (Å²) in [7, 11) is 0. The van der Waals surface area contributed by atoms with E-state index in [0.717, 1.165) is 16.9 Å². The van der Waals surface area contributed by atoms with Crippen LogP contribution in [0, 0.1) is 32.1 Å². The van der Waals surface area contributed by atoms with Gasteiger partial charge in [-0.25, -0.2) is 0 Å². The van der Waals surface area contributed by atoms with Crippen molar-refractivity contribution in [2.75, 3.05) is 18.5 Å². The molecule has 0 unspecified atom stereocenters. The average molecular weight is 417 g/mol. The van der Waals surface area contributed by atoms with Crippen LogP contribution < -0.4 is 14.8 Å². The van der Waals surface area contributed by atoms with Gasteiger partial charge in [-0.15, -0.1) is 0 Å². The zero-order valence-electron chi connectivity index (χ0n) is 17.6. The number of benzene rings is 2. The molecule has 31 heavy (non-hydrogen) atoms. The SMILES string of the molecule is Cc1cc(C)cc(OCCOc2ccc(/C=C(/C#N)C(=O)Nc3cc(C)on3)cc2)c1. The van der Waals surface area contributed by atoms with E-state index in [2.05, 4.69) is 16.5 Å². The van der Waals surface area contributed by atoms with Crippen LogP contribution in [0.3, 0.4) is 0 Å². The fourth-order valence-electron chi connectivity index (χ4n) is 2.92. The maximum Gasteiger partial charge on any atom is 0.267 e. The monoisotopic (exact) mass is 417 g/mol. The number of anilines is 1. The minimum absolute atomic E-state index is 0.0452. The minimum atomic E-state index is -0.556. The lowest BCUT2D eigenvalue weighted by Crippen LogP contribution is -2.13. The maximum atomic E-state index is 12.2. The number of ether oxygens (including phenoxy) is 2. The van der Waals surface area contributed by atoms with Gasteiger partial charge in [-0.1, -0.05) is 23.4 Å². The van der Waals surface area contributed by atoms with Crippen molar-refractivity contribution in [2.45, 2.75) is 20.8 Å². The Kier molecular flexibility index (Phi) is 7.07. The van der Waals surface area contributed by atoms with Crippen LogP contribution in [0.25, 0.3) is 6.08 Å². The van der Waals surface area contributed by atoms with Gasteiger partial charge in [0.2, 0.25) is 0 Å². The van der Waals surface area contributed by atoms with E-state index in [1.165, 1.54) is 6.08 Å². The van der Waals surface area contributed by atoms with Gasteiger partial charge >= 0.3 is 0 Å². The van der Waals surface area contributed by atoms with Crippen molar-refractivity contribution in [3.8, 4) is 17.6 Å². The summed E-state index contributed by atoms with van der Waals surface area (Å²) < 4.78 is 16.3. The molecular formula is C24H23N3O4. The Balaban J connectivity index is 1.52. The lowest BCUT2D eigenvalue weighted by atomic mass is 10.1. The number of carbonyl (C=O) groups is 1. The van der Waals surface area contributed by atoms with Gasteiger partial charge in [0.1, 0.15) is 42.1 Å². The molecule has 0 aliphatic carbocycles. The standard InChI is InChI=1S/C24H23N3O4/c1-16-10-17(2)12-22(11-16)30-9-8-29-21-6-4-19(5-7-21)14-20(15-25)24(28)26-23-13-18(3)31-27-23/h4-7,10-14H,8-9H2,1-3H3,(H,26,27,28)/b20-14-. The number of nitrogens with one attached hydrogen (secondary N) is 1. The zero-order valence-corrected chi connectivity index (χ0v) is 17.6. The van der Waals surface area contributed by atoms with Crippen LogP contribution in [0.2, 0.25) is 0 Å². The first kappa shape index (κ1) is 21.7. The quantitative estimate of drug-likeness (QED) is 0.327. The van der Waals surface area contributed by atoms with Crippen LogP contribution in [0.5, 0.6) is 11.5 Å². The van der Waals surface area contributed by atoms with Crippen molar-refractivity contribution in [3.63, 3.8) is 0 Å². The van der Waals surface area contributed by atoms with Gasteiger partial charge < -0.3 is 19.3 Å². The molecule has 1 N–H and O–H groups in total. The van der Waals surface area contributed by atoms with E-state index < -0.39 is 5.91 Å². The average Bonchev–Trinajstić information content (AvgIpc) is 3.14. The zero-order chi connectivity index (χ0) is 22.2. The van der Waals surface area contributed by atoms with Gasteiger partial charge in [-0.2, -0.15) is 5.26 Å². The highest BCUT2D eigenvalue weighted by Crippen LogP contribution is 2.18. The first-order valence-corrected chi connectivity index (χ1v) is 9.73. The summed E-state index contributed by atoms with van der Waals surface area (Å²) >= 11 is 0. The van der Waals surface area contributed by atoms with E-state index in [-0.39, 0.29) is 11.4 Å². The molecule has 7 nitrogen and oxygen atoms in total.